The number of nitrogen functional groups attached to an aromatic ring is 2. The van der Waals surface area contributed by atoms with E-state index in [1.807, 2.05) is 12.1 Å². The van der Waals surface area contributed by atoms with Crippen LogP contribution in [0.2, 0.25) is 0 Å². The molecule has 0 radical (unpaired) electrons. The highest BCUT2D eigenvalue weighted by atomic mass is 16.5. The van der Waals surface area contributed by atoms with Gasteiger partial charge in [0.15, 0.2) is 0 Å². The first-order valence-electron chi connectivity index (χ1n) is 9.39. The molecule has 0 atom stereocenters. The third-order valence-electron chi connectivity index (χ3n) is 4.45. The molecule has 0 aliphatic carbocycles. The lowest BCUT2D eigenvalue weighted by molar-refractivity contribution is 0.0999. The van der Waals surface area contributed by atoms with Gasteiger partial charge in [0.2, 0.25) is 5.91 Å². The summed E-state index contributed by atoms with van der Waals surface area (Å²) in [6, 6.07) is 19.0. The number of amides is 1. The highest BCUT2D eigenvalue weighted by molar-refractivity contribution is 5.95. The van der Waals surface area contributed by atoms with Gasteiger partial charge in [0.05, 0.1) is 0 Å². The highest BCUT2D eigenvalue weighted by Gasteiger charge is 2.09. The molecule has 3 rings (SSSR count). The van der Waals surface area contributed by atoms with Crippen molar-refractivity contribution in [1.82, 2.24) is 0 Å². The van der Waals surface area contributed by atoms with Crippen molar-refractivity contribution in [2.75, 3.05) is 0 Å². The lowest BCUT2D eigenvalue weighted by atomic mass is 10.1. The second kappa shape index (κ2) is 9.45. The number of amidine groups is 2. The minimum Gasteiger partial charge on any atom is -0.489 e. The quantitative estimate of drug-likeness (QED) is 0.266. The van der Waals surface area contributed by atoms with Crippen molar-refractivity contribution in [3.05, 3.63) is 94.5 Å². The van der Waals surface area contributed by atoms with Gasteiger partial charge in [0.1, 0.15) is 36.4 Å². The normalized spacial score (nSPS) is 10.3. The first-order chi connectivity index (χ1) is 14.8. The average Bonchev–Trinajstić information content (AvgIpc) is 2.76. The molecule has 158 valence electrons. The van der Waals surface area contributed by atoms with Gasteiger partial charge in [0.25, 0.3) is 0 Å². The van der Waals surface area contributed by atoms with Crippen molar-refractivity contribution < 1.29 is 14.3 Å². The van der Waals surface area contributed by atoms with Crippen LogP contribution in [0.3, 0.4) is 0 Å². The third kappa shape index (κ3) is 5.83. The first kappa shape index (κ1) is 21.4. The van der Waals surface area contributed by atoms with Gasteiger partial charge in [-0.25, -0.2) is 0 Å². The predicted molar refractivity (Wildman–Crippen MR) is 119 cm³/mol. The maximum Gasteiger partial charge on any atom is 0.248 e. The maximum atomic E-state index is 11.7. The van der Waals surface area contributed by atoms with Crippen LogP contribution in [0.15, 0.2) is 66.7 Å². The van der Waals surface area contributed by atoms with E-state index in [4.69, 9.17) is 37.5 Å². The van der Waals surface area contributed by atoms with E-state index in [-0.39, 0.29) is 30.4 Å². The topological polar surface area (TPSA) is 161 Å². The molecule has 0 aliphatic rings. The van der Waals surface area contributed by atoms with Gasteiger partial charge >= 0.3 is 0 Å². The maximum absolute atomic E-state index is 11.7. The lowest BCUT2D eigenvalue weighted by Gasteiger charge is -2.12. The molecular formula is C23H23N5O3. The number of ether oxygens (including phenoxy) is 2. The van der Waals surface area contributed by atoms with Crippen molar-refractivity contribution in [3.63, 3.8) is 0 Å². The number of nitrogens with two attached hydrogens (primary N) is 3. The Labute approximate surface area is 179 Å². The summed E-state index contributed by atoms with van der Waals surface area (Å²) in [5, 5.41) is 15.1. The fourth-order valence-electron chi connectivity index (χ4n) is 2.87. The van der Waals surface area contributed by atoms with Crippen LogP contribution in [-0.2, 0) is 13.2 Å². The number of primary amides is 1. The smallest absolute Gasteiger partial charge is 0.248 e. The lowest BCUT2D eigenvalue weighted by Crippen LogP contribution is -2.12. The summed E-state index contributed by atoms with van der Waals surface area (Å²) in [4.78, 5) is 11.7. The number of benzene rings is 3. The number of hydrogen-bond donors (Lipinski definition) is 5. The molecule has 8 heteroatoms. The summed E-state index contributed by atoms with van der Waals surface area (Å²) in [7, 11) is 0. The Morgan fingerprint density at radius 2 is 1.13 bits per heavy atom. The number of nitrogens with one attached hydrogen (secondary N) is 2. The molecule has 0 fully saturated rings. The van der Waals surface area contributed by atoms with E-state index in [9.17, 15) is 4.79 Å². The second-order valence-electron chi connectivity index (χ2n) is 6.86. The molecule has 3 aromatic rings. The fraction of sp³-hybridized carbons (Fsp3) is 0.0870. The standard InChI is InChI=1S/C23H23N5O3/c24-21(25)16-5-1-3-14(7-16)12-30-19-9-18(23(28)29)10-20(11-19)31-13-15-4-2-6-17(8-15)22(26)27/h1-11H,12-13H2,(H3,24,25)(H3,26,27)(H2,28,29). The Kier molecular flexibility index (Phi) is 6.51. The Hall–Kier alpha value is -4.33. The number of hydrogen-bond acceptors (Lipinski definition) is 5. The van der Waals surface area contributed by atoms with Crippen molar-refractivity contribution in [3.8, 4) is 11.5 Å². The summed E-state index contributed by atoms with van der Waals surface area (Å²) >= 11 is 0. The predicted octanol–water partition coefficient (Wildman–Crippen LogP) is 2.51. The minimum absolute atomic E-state index is 0.0258. The molecule has 0 bridgehead atoms. The van der Waals surface area contributed by atoms with Crippen molar-refractivity contribution >= 4 is 17.6 Å². The second-order valence-corrected chi connectivity index (χ2v) is 6.86. The molecule has 0 spiro atoms. The first-order valence-corrected chi connectivity index (χ1v) is 9.39. The van der Waals surface area contributed by atoms with Gasteiger partial charge in [-0.15, -0.1) is 0 Å². The molecule has 0 unspecified atom stereocenters. The van der Waals surface area contributed by atoms with Gasteiger partial charge in [-0.05, 0) is 35.4 Å². The van der Waals surface area contributed by atoms with Gasteiger partial charge in [0, 0.05) is 22.8 Å². The zero-order valence-corrected chi connectivity index (χ0v) is 16.7. The monoisotopic (exact) mass is 417 g/mol. The van der Waals surface area contributed by atoms with Gasteiger partial charge in [-0.2, -0.15) is 0 Å². The van der Waals surface area contributed by atoms with E-state index < -0.39 is 5.91 Å². The van der Waals surface area contributed by atoms with E-state index >= 15 is 0 Å². The van der Waals surface area contributed by atoms with E-state index in [0.717, 1.165) is 11.1 Å². The largest absolute Gasteiger partial charge is 0.489 e. The average molecular weight is 417 g/mol. The molecular weight excluding hydrogens is 394 g/mol. The van der Waals surface area contributed by atoms with Crippen LogP contribution in [0.5, 0.6) is 11.5 Å². The molecule has 3 aromatic carbocycles. The van der Waals surface area contributed by atoms with E-state index in [1.54, 1.807) is 54.6 Å². The van der Waals surface area contributed by atoms with Gasteiger partial charge in [-0.3, -0.25) is 15.6 Å². The Balaban J connectivity index is 1.75. The SMILES string of the molecule is N=C(N)c1cccc(COc2cc(OCc3cccc(C(=N)N)c3)cc(C(N)=O)c2)c1. The molecule has 0 heterocycles. The molecule has 0 aliphatic heterocycles. The van der Waals surface area contributed by atoms with E-state index in [0.29, 0.717) is 22.6 Å². The number of carbonyl (C=O) groups excluding carboxylic acids is 1. The number of rotatable bonds is 9. The summed E-state index contributed by atoms with van der Waals surface area (Å²) < 4.78 is 11.6. The van der Waals surface area contributed by atoms with Crippen LogP contribution < -0.4 is 26.7 Å². The summed E-state index contributed by atoms with van der Waals surface area (Å²) in [5.41, 5.74) is 19.6. The van der Waals surface area contributed by atoms with Crippen LogP contribution >= 0.6 is 0 Å². The van der Waals surface area contributed by atoms with Crippen molar-refractivity contribution in [2.45, 2.75) is 13.2 Å². The van der Waals surface area contributed by atoms with E-state index in [2.05, 4.69) is 0 Å². The summed E-state index contributed by atoms with van der Waals surface area (Å²) in [6.45, 7) is 0.423. The molecule has 8 N–H and O–H groups in total. The molecule has 0 saturated carbocycles. The van der Waals surface area contributed by atoms with Crippen LogP contribution in [0.4, 0.5) is 0 Å². The van der Waals surface area contributed by atoms with Gasteiger partial charge < -0.3 is 26.7 Å². The summed E-state index contributed by atoms with van der Waals surface area (Å²) in [6.07, 6.45) is 0. The Bertz CT molecular complexity index is 1060. The van der Waals surface area contributed by atoms with Crippen LogP contribution in [-0.4, -0.2) is 17.6 Å². The molecule has 0 saturated heterocycles. The molecule has 31 heavy (non-hydrogen) atoms. The molecule has 1 amide bonds. The van der Waals surface area contributed by atoms with Crippen molar-refractivity contribution in [2.24, 2.45) is 17.2 Å². The molecule has 8 nitrogen and oxygen atoms in total. The highest BCUT2D eigenvalue weighted by Crippen LogP contribution is 2.25. The zero-order valence-electron chi connectivity index (χ0n) is 16.7. The van der Waals surface area contributed by atoms with Crippen LogP contribution in [0, 0.1) is 10.8 Å². The van der Waals surface area contributed by atoms with E-state index in [1.165, 1.54) is 0 Å². The van der Waals surface area contributed by atoms with Crippen LogP contribution in [0.25, 0.3) is 0 Å². The Morgan fingerprint density at radius 1 is 0.677 bits per heavy atom. The van der Waals surface area contributed by atoms with Crippen LogP contribution in [0.1, 0.15) is 32.6 Å². The van der Waals surface area contributed by atoms with Gasteiger partial charge in [-0.1, -0.05) is 36.4 Å². The third-order valence-corrected chi connectivity index (χ3v) is 4.45. The molecule has 0 aromatic heterocycles. The minimum atomic E-state index is -0.604. The zero-order chi connectivity index (χ0) is 22.4. The Morgan fingerprint density at radius 3 is 1.52 bits per heavy atom. The summed E-state index contributed by atoms with van der Waals surface area (Å²) in [5.74, 6) is 0.172. The fourth-order valence-corrected chi connectivity index (χ4v) is 2.87. The number of carbonyl (C=O) groups is 1. The van der Waals surface area contributed by atoms with Crippen molar-refractivity contribution in [1.29, 1.82) is 10.8 Å².